The van der Waals surface area contributed by atoms with Crippen molar-refractivity contribution in [1.29, 1.82) is 0 Å². The molecule has 166 valence electrons. The van der Waals surface area contributed by atoms with Crippen molar-refractivity contribution in [3.8, 4) is 5.69 Å². The molecule has 2 atom stereocenters. The van der Waals surface area contributed by atoms with E-state index < -0.39 is 0 Å². The zero-order chi connectivity index (χ0) is 22.1. The van der Waals surface area contributed by atoms with Crippen LogP contribution in [-0.2, 0) is 9.53 Å². The Morgan fingerprint density at radius 2 is 1.55 bits per heavy atom. The van der Waals surface area contributed by atoms with Crippen molar-refractivity contribution in [3.05, 3.63) is 53.3 Å². The van der Waals surface area contributed by atoms with E-state index in [4.69, 9.17) is 4.74 Å². The number of morpholine rings is 1. The first-order chi connectivity index (χ1) is 14.8. The minimum Gasteiger partial charge on any atom is -0.372 e. The molecule has 0 saturated carbocycles. The molecule has 2 aliphatic heterocycles. The Morgan fingerprint density at radius 3 is 2.16 bits per heavy atom. The van der Waals surface area contributed by atoms with Gasteiger partial charge in [0.1, 0.15) is 0 Å². The number of rotatable bonds is 3. The molecular formula is C25H33N3O3. The first-order valence-electron chi connectivity index (χ1n) is 11.3. The molecule has 3 heterocycles. The van der Waals surface area contributed by atoms with Crippen molar-refractivity contribution in [1.82, 2.24) is 14.4 Å². The summed E-state index contributed by atoms with van der Waals surface area (Å²) in [4.78, 5) is 30.2. The first kappa shape index (κ1) is 21.6. The van der Waals surface area contributed by atoms with Crippen LogP contribution in [0.1, 0.15) is 48.4 Å². The highest BCUT2D eigenvalue weighted by molar-refractivity contribution is 5.96. The second-order valence-electron chi connectivity index (χ2n) is 9.02. The second-order valence-corrected chi connectivity index (χ2v) is 9.02. The molecule has 2 aliphatic rings. The molecule has 0 bridgehead atoms. The van der Waals surface area contributed by atoms with Gasteiger partial charge < -0.3 is 19.1 Å². The maximum absolute atomic E-state index is 13.3. The van der Waals surface area contributed by atoms with Crippen LogP contribution in [0.4, 0.5) is 0 Å². The molecule has 0 aliphatic carbocycles. The van der Waals surface area contributed by atoms with Crippen LogP contribution < -0.4 is 0 Å². The third kappa shape index (κ3) is 4.40. The molecule has 31 heavy (non-hydrogen) atoms. The van der Waals surface area contributed by atoms with Gasteiger partial charge in [-0.2, -0.15) is 0 Å². The van der Waals surface area contributed by atoms with Crippen LogP contribution in [0.2, 0.25) is 0 Å². The van der Waals surface area contributed by atoms with Gasteiger partial charge in [0.05, 0.1) is 17.8 Å². The van der Waals surface area contributed by atoms with Crippen LogP contribution in [0.5, 0.6) is 0 Å². The predicted molar refractivity (Wildman–Crippen MR) is 120 cm³/mol. The molecule has 2 fully saturated rings. The molecule has 1 aromatic heterocycles. The summed E-state index contributed by atoms with van der Waals surface area (Å²) in [7, 11) is 0. The molecule has 2 saturated heterocycles. The van der Waals surface area contributed by atoms with Gasteiger partial charge in [-0.1, -0.05) is 18.2 Å². The molecule has 6 heteroatoms. The number of amides is 2. The Kier molecular flexibility index (Phi) is 6.19. The van der Waals surface area contributed by atoms with Crippen molar-refractivity contribution in [2.45, 2.75) is 52.7 Å². The molecular weight excluding hydrogens is 390 g/mol. The van der Waals surface area contributed by atoms with Gasteiger partial charge in [-0.15, -0.1) is 0 Å². The van der Waals surface area contributed by atoms with Gasteiger partial charge >= 0.3 is 0 Å². The maximum atomic E-state index is 13.3. The van der Waals surface area contributed by atoms with Crippen LogP contribution >= 0.6 is 0 Å². The van der Waals surface area contributed by atoms with Crippen LogP contribution in [0.3, 0.4) is 0 Å². The fourth-order valence-electron chi connectivity index (χ4n) is 5.07. The van der Waals surface area contributed by atoms with E-state index in [2.05, 4.69) is 16.7 Å². The SMILES string of the molecule is Cc1cc(C(=O)N2CCC(C(=O)N3CC(C)OC(C)C3)CC2)c(C)n1-c1ccccc1. The van der Waals surface area contributed by atoms with Crippen LogP contribution in [0.15, 0.2) is 36.4 Å². The minimum absolute atomic E-state index is 0.00157. The third-order valence-corrected chi connectivity index (χ3v) is 6.54. The summed E-state index contributed by atoms with van der Waals surface area (Å²) < 4.78 is 7.89. The Bertz CT molecular complexity index is 934. The highest BCUT2D eigenvalue weighted by Gasteiger charge is 2.34. The molecule has 6 nitrogen and oxygen atoms in total. The number of aryl methyl sites for hydroxylation is 1. The van der Waals surface area contributed by atoms with Crippen molar-refractivity contribution >= 4 is 11.8 Å². The summed E-state index contributed by atoms with van der Waals surface area (Å²) in [5.74, 6) is 0.282. The smallest absolute Gasteiger partial charge is 0.255 e. The first-order valence-corrected chi connectivity index (χ1v) is 11.3. The van der Waals surface area contributed by atoms with Gasteiger partial charge in [0.15, 0.2) is 0 Å². The van der Waals surface area contributed by atoms with Crippen molar-refractivity contribution in [3.63, 3.8) is 0 Å². The largest absolute Gasteiger partial charge is 0.372 e. The van der Waals surface area contributed by atoms with E-state index in [-0.39, 0.29) is 29.9 Å². The molecule has 2 amide bonds. The number of carbonyl (C=O) groups excluding carboxylic acids is 2. The molecule has 0 N–H and O–H groups in total. The van der Waals surface area contributed by atoms with Crippen LogP contribution in [-0.4, -0.2) is 64.6 Å². The van der Waals surface area contributed by atoms with Crippen LogP contribution in [0.25, 0.3) is 5.69 Å². The fourth-order valence-corrected chi connectivity index (χ4v) is 5.07. The number of carbonyl (C=O) groups is 2. The van der Waals surface area contributed by atoms with E-state index in [1.54, 1.807) is 0 Å². The molecule has 2 unspecified atom stereocenters. The van der Waals surface area contributed by atoms with Crippen molar-refractivity contribution in [2.24, 2.45) is 5.92 Å². The summed E-state index contributed by atoms with van der Waals surface area (Å²) in [5.41, 5.74) is 3.83. The van der Waals surface area contributed by atoms with E-state index in [0.717, 1.165) is 35.5 Å². The summed E-state index contributed by atoms with van der Waals surface area (Å²) in [5, 5.41) is 0. The fraction of sp³-hybridized carbons (Fsp3) is 0.520. The van der Waals surface area contributed by atoms with Gasteiger partial charge in [-0.3, -0.25) is 9.59 Å². The van der Waals surface area contributed by atoms with Gasteiger partial charge in [-0.25, -0.2) is 0 Å². The van der Waals surface area contributed by atoms with E-state index in [1.807, 2.05) is 61.8 Å². The lowest BCUT2D eigenvalue weighted by Crippen LogP contribution is -2.51. The number of para-hydroxylation sites is 1. The molecule has 0 spiro atoms. The predicted octanol–water partition coefficient (Wildman–Crippen LogP) is 3.58. The highest BCUT2D eigenvalue weighted by atomic mass is 16.5. The van der Waals surface area contributed by atoms with Gasteiger partial charge in [0.2, 0.25) is 5.91 Å². The van der Waals surface area contributed by atoms with E-state index >= 15 is 0 Å². The monoisotopic (exact) mass is 423 g/mol. The zero-order valence-electron chi connectivity index (χ0n) is 19.0. The van der Waals surface area contributed by atoms with E-state index in [0.29, 0.717) is 26.2 Å². The molecule has 0 radical (unpaired) electrons. The Labute approximate surface area is 184 Å². The van der Waals surface area contributed by atoms with Crippen molar-refractivity contribution in [2.75, 3.05) is 26.2 Å². The number of likely N-dealkylation sites (tertiary alicyclic amines) is 1. The lowest BCUT2D eigenvalue weighted by atomic mass is 9.94. The van der Waals surface area contributed by atoms with Crippen molar-refractivity contribution < 1.29 is 14.3 Å². The minimum atomic E-state index is -0.00157. The van der Waals surface area contributed by atoms with Crippen LogP contribution in [0, 0.1) is 19.8 Å². The lowest BCUT2D eigenvalue weighted by Gasteiger charge is -2.39. The third-order valence-electron chi connectivity index (χ3n) is 6.54. The Morgan fingerprint density at radius 1 is 0.935 bits per heavy atom. The number of hydrogen-bond acceptors (Lipinski definition) is 3. The van der Waals surface area contributed by atoms with Gasteiger partial charge in [0, 0.05) is 49.2 Å². The topological polar surface area (TPSA) is 54.8 Å². The van der Waals surface area contributed by atoms with Gasteiger partial charge in [-0.05, 0) is 58.7 Å². The standard InChI is InChI=1S/C25H33N3O3/c1-17-14-23(20(4)28(17)22-8-6-5-7-9-22)25(30)26-12-10-21(11-13-26)24(29)27-15-18(2)31-19(3)16-27/h5-9,14,18-19,21H,10-13,15-16H2,1-4H3. The lowest BCUT2D eigenvalue weighted by molar-refractivity contribution is -0.148. The molecule has 2 aromatic rings. The normalized spacial score (nSPS) is 22.6. The van der Waals surface area contributed by atoms with E-state index in [1.165, 1.54) is 0 Å². The zero-order valence-corrected chi connectivity index (χ0v) is 19.0. The average Bonchev–Trinajstić information content (AvgIpc) is 3.06. The summed E-state index contributed by atoms with van der Waals surface area (Å²) in [6.07, 6.45) is 1.60. The molecule has 1 aromatic carbocycles. The number of hydrogen-bond donors (Lipinski definition) is 0. The quantitative estimate of drug-likeness (QED) is 0.758. The van der Waals surface area contributed by atoms with Gasteiger partial charge in [0.25, 0.3) is 5.91 Å². The highest BCUT2D eigenvalue weighted by Crippen LogP contribution is 2.26. The summed E-state index contributed by atoms with van der Waals surface area (Å²) >= 11 is 0. The molecule has 4 rings (SSSR count). The summed E-state index contributed by atoms with van der Waals surface area (Å²) in [6.45, 7) is 10.6. The number of ether oxygens (including phenoxy) is 1. The number of nitrogens with zero attached hydrogens (tertiary/aromatic N) is 3. The maximum Gasteiger partial charge on any atom is 0.255 e. The summed E-state index contributed by atoms with van der Waals surface area (Å²) in [6, 6.07) is 12.1. The second kappa shape index (κ2) is 8.87. The van der Waals surface area contributed by atoms with E-state index in [9.17, 15) is 9.59 Å². The number of benzene rings is 1. The average molecular weight is 424 g/mol. The number of aromatic nitrogens is 1. The Balaban J connectivity index is 1.42. The Hall–Kier alpha value is -2.60. The number of piperidine rings is 1.